The zero-order valence-corrected chi connectivity index (χ0v) is 9.20. The van der Waals surface area contributed by atoms with Gasteiger partial charge in [0.05, 0.1) is 10.6 Å². The van der Waals surface area contributed by atoms with E-state index in [0.29, 0.717) is 14.9 Å². The van der Waals surface area contributed by atoms with E-state index in [1.54, 1.807) is 0 Å². The van der Waals surface area contributed by atoms with Crippen LogP contribution in [0.3, 0.4) is 0 Å². The van der Waals surface area contributed by atoms with Crippen molar-refractivity contribution in [3.8, 4) is 0 Å². The highest BCUT2D eigenvalue weighted by Gasteiger charge is 2.31. The van der Waals surface area contributed by atoms with Crippen LogP contribution in [-0.4, -0.2) is 10.2 Å². The summed E-state index contributed by atoms with van der Waals surface area (Å²) >= 11 is 6.18. The lowest BCUT2D eigenvalue weighted by Gasteiger charge is -2.13. The van der Waals surface area contributed by atoms with E-state index in [9.17, 15) is 9.18 Å². The molecule has 0 radical (unpaired) electrons. The number of hydrogen-bond donors (Lipinski definition) is 0. The first kappa shape index (κ1) is 10.3. The molecule has 1 aromatic carbocycles. The van der Waals surface area contributed by atoms with Gasteiger partial charge in [-0.1, -0.05) is 30.6 Å². The Balaban J connectivity index is 2.39. The molecule has 1 aliphatic heterocycles. The first-order valence-electron chi connectivity index (χ1n) is 4.10. The number of thiocarbonyl (C=S) groups is 1. The molecule has 1 saturated heterocycles. The molecular weight excluding hydrogens is 233 g/mol. The number of thioether (sulfide) groups is 1. The Morgan fingerprint density at radius 3 is 2.40 bits per heavy atom. The number of rotatable bonds is 1. The minimum absolute atomic E-state index is 0.239. The van der Waals surface area contributed by atoms with Crippen LogP contribution < -0.4 is 4.90 Å². The molecule has 5 heteroatoms. The molecule has 0 spiro atoms. The van der Waals surface area contributed by atoms with Crippen LogP contribution in [0.15, 0.2) is 35.7 Å². The fourth-order valence-electron chi connectivity index (χ4n) is 1.22. The molecule has 1 amide bonds. The van der Waals surface area contributed by atoms with Crippen LogP contribution in [-0.2, 0) is 4.79 Å². The van der Waals surface area contributed by atoms with Crippen molar-refractivity contribution < 1.29 is 9.18 Å². The van der Waals surface area contributed by atoms with Crippen LogP contribution in [0, 0.1) is 5.82 Å². The fourth-order valence-corrected chi connectivity index (χ4v) is 2.37. The van der Waals surface area contributed by atoms with Crippen molar-refractivity contribution in [1.82, 2.24) is 0 Å². The maximum Gasteiger partial charge on any atom is 0.270 e. The zero-order chi connectivity index (χ0) is 11.0. The lowest BCUT2D eigenvalue weighted by molar-refractivity contribution is -0.113. The molecular formula is C10H6FNOS2. The van der Waals surface area contributed by atoms with Gasteiger partial charge in [0.1, 0.15) is 5.82 Å². The Morgan fingerprint density at radius 1 is 1.33 bits per heavy atom. The highest BCUT2D eigenvalue weighted by molar-refractivity contribution is 8.27. The SMILES string of the molecule is C=C1SC(=S)N(c2ccc(F)cc2)C1=O. The van der Waals surface area contributed by atoms with Crippen LogP contribution in [0.5, 0.6) is 0 Å². The van der Waals surface area contributed by atoms with Crippen molar-refractivity contribution in [3.05, 3.63) is 41.6 Å². The van der Waals surface area contributed by atoms with Gasteiger partial charge in [0, 0.05) is 0 Å². The zero-order valence-electron chi connectivity index (χ0n) is 7.57. The maximum atomic E-state index is 12.7. The molecule has 1 aliphatic rings. The second-order valence-corrected chi connectivity index (χ2v) is 4.64. The van der Waals surface area contributed by atoms with Gasteiger partial charge in [-0.15, -0.1) is 0 Å². The van der Waals surface area contributed by atoms with Gasteiger partial charge in [0.2, 0.25) is 0 Å². The number of anilines is 1. The van der Waals surface area contributed by atoms with Gasteiger partial charge in [0.15, 0.2) is 4.32 Å². The molecule has 0 aliphatic carbocycles. The highest BCUT2D eigenvalue weighted by atomic mass is 32.2. The molecule has 2 nitrogen and oxygen atoms in total. The first-order chi connectivity index (χ1) is 7.09. The van der Waals surface area contributed by atoms with Crippen molar-refractivity contribution in [2.45, 2.75) is 0 Å². The average molecular weight is 239 g/mol. The van der Waals surface area contributed by atoms with Gasteiger partial charge in [-0.3, -0.25) is 9.69 Å². The van der Waals surface area contributed by atoms with E-state index < -0.39 is 0 Å². The Bertz CT molecular complexity index is 455. The standard InChI is InChI=1S/C10H6FNOS2/c1-6-9(13)12(10(14)15-6)8-4-2-7(11)3-5-8/h2-5H,1H2. The van der Waals surface area contributed by atoms with E-state index in [1.165, 1.54) is 29.2 Å². The third kappa shape index (κ3) is 1.80. The molecule has 15 heavy (non-hydrogen) atoms. The van der Waals surface area contributed by atoms with Crippen LogP contribution >= 0.6 is 24.0 Å². The Hall–Kier alpha value is -1.20. The third-order valence-electron chi connectivity index (χ3n) is 1.92. The molecule has 2 rings (SSSR count). The van der Waals surface area contributed by atoms with Crippen molar-refractivity contribution in [2.24, 2.45) is 0 Å². The Morgan fingerprint density at radius 2 is 1.93 bits per heavy atom. The predicted molar refractivity (Wildman–Crippen MR) is 63.2 cm³/mol. The summed E-state index contributed by atoms with van der Waals surface area (Å²) < 4.78 is 13.1. The molecule has 1 heterocycles. The summed E-state index contributed by atoms with van der Waals surface area (Å²) in [5, 5.41) is 0. The summed E-state index contributed by atoms with van der Waals surface area (Å²) in [6, 6.07) is 5.60. The molecule has 76 valence electrons. The lowest BCUT2D eigenvalue weighted by Crippen LogP contribution is -2.27. The number of carbonyl (C=O) groups excluding carboxylic acids is 1. The van der Waals surface area contributed by atoms with Gasteiger partial charge < -0.3 is 0 Å². The van der Waals surface area contributed by atoms with Gasteiger partial charge in [-0.25, -0.2) is 4.39 Å². The van der Waals surface area contributed by atoms with Gasteiger partial charge in [0.25, 0.3) is 5.91 Å². The summed E-state index contributed by atoms with van der Waals surface area (Å²) in [7, 11) is 0. The van der Waals surface area contributed by atoms with Crippen LogP contribution in [0.25, 0.3) is 0 Å². The largest absolute Gasteiger partial charge is 0.270 e. The summed E-state index contributed by atoms with van der Waals surface area (Å²) in [6.45, 7) is 3.59. The quantitative estimate of drug-likeness (QED) is 0.555. The monoisotopic (exact) mass is 239 g/mol. The van der Waals surface area contributed by atoms with Gasteiger partial charge in [-0.2, -0.15) is 0 Å². The number of amides is 1. The van der Waals surface area contributed by atoms with Crippen LogP contribution in [0.2, 0.25) is 0 Å². The number of benzene rings is 1. The minimum Gasteiger partial charge on any atom is -0.268 e. The number of carbonyl (C=O) groups is 1. The van der Waals surface area contributed by atoms with E-state index in [1.807, 2.05) is 0 Å². The summed E-state index contributed by atoms with van der Waals surface area (Å²) in [4.78, 5) is 13.4. The smallest absolute Gasteiger partial charge is 0.268 e. The molecule has 1 fully saturated rings. The topological polar surface area (TPSA) is 20.3 Å². The van der Waals surface area contributed by atoms with Gasteiger partial charge >= 0.3 is 0 Å². The molecule has 0 saturated carbocycles. The lowest BCUT2D eigenvalue weighted by atomic mass is 10.3. The first-order valence-corrected chi connectivity index (χ1v) is 5.33. The van der Waals surface area contributed by atoms with Crippen LogP contribution in [0.1, 0.15) is 0 Å². The second kappa shape index (κ2) is 3.75. The predicted octanol–water partition coefficient (Wildman–Crippen LogP) is 2.70. The van der Waals surface area contributed by atoms with E-state index >= 15 is 0 Å². The number of hydrogen-bond acceptors (Lipinski definition) is 3. The molecule has 0 unspecified atom stereocenters. The summed E-state index contributed by atoms with van der Waals surface area (Å²) in [5.74, 6) is -0.584. The molecule has 0 atom stereocenters. The number of nitrogens with zero attached hydrogens (tertiary/aromatic N) is 1. The average Bonchev–Trinajstić information content (AvgIpc) is 2.44. The van der Waals surface area contributed by atoms with Crippen molar-refractivity contribution in [1.29, 1.82) is 0 Å². The van der Waals surface area contributed by atoms with E-state index in [0.717, 1.165) is 11.8 Å². The summed E-state index contributed by atoms with van der Waals surface area (Å²) in [5.41, 5.74) is 0.567. The second-order valence-electron chi connectivity index (χ2n) is 2.91. The molecule has 0 N–H and O–H groups in total. The van der Waals surface area contributed by atoms with Crippen LogP contribution in [0.4, 0.5) is 10.1 Å². The van der Waals surface area contributed by atoms with E-state index in [4.69, 9.17) is 12.2 Å². The molecule has 1 aromatic rings. The number of halogens is 1. The van der Waals surface area contributed by atoms with E-state index in [2.05, 4.69) is 6.58 Å². The normalized spacial score (nSPS) is 16.3. The molecule has 0 aromatic heterocycles. The Kier molecular flexibility index (Phi) is 2.58. The van der Waals surface area contributed by atoms with E-state index in [-0.39, 0.29) is 11.7 Å². The fraction of sp³-hybridized carbons (Fsp3) is 0. The summed E-state index contributed by atoms with van der Waals surface area (Å²) in [6.07, 6.45) is 0. The Labute approximate surface area is 95.8 Å². The maximum absolute atomic E-state index is 12.7. The minimum atomic E-state index is -0.345. The third-order valence-corrected chi connectivity index (χ3v) is 3.13. The molecule has 0 bridgehead atoms. The van der Waals surface area contributed by atoms with Crippen molar-refractivity contribution in [3.63, 3.8) is 0 Å². The van der Waals surface area contributed by atoms with Gasteiger partial charge in [-0.05, 0) is 24.3 Å². The van der Waals surface area contributed by atoms with Crippen molar-refractivity contribution in [2.75, 3.05) is 4.90 Å². The van der Waals surface area contributed by atoms with Crippen molar-refractivity contribution >= 4 is 39.9 Å². The highest BCUT2D eigenvalue weighted by Crippen LogP contribution is 2.33.